The van der Waals surface area contributed by atoms with E-state index in [0.29, 0.717) is 0 Å². The maximum atomic E-state index is 11.7. The summed E-state index contributed by atoms with van der Waals surface area (Å²) in [5, 5.41) is 0. The van der Waals surface area contributed by atoms with Gasteiger partial charge in [0.2, 0.25) is 0 Å². The number of rotatable bonds is 7. The Morgan fingerprint density at radius 2 is 1.22 bits per heavy atom. The lowest BCUT2D eigenvalue weighted by atomic mass is 10.1. The van der Waals surface area contributed by atoms with Gasteiger partial charge in [-0.05, 0) is 19.8 Å². The monoisotopic (exact) mass is 260 g/mol. The molecule has 0 N–H and O–H groups in total. The average Bonchev–Trinajstić information content (AvgIpc) is 2.27. The van der Waals surface area contributed by atoms with E-state index in [9.17, 15) is 14.4 Å². The maximum Gasteiger partial charge on any atom is 0.332 e. The van der Waals surface area contributed by atoms with Crippen LogP contribution in [0.1, 0.15) is 27.7 Å². The lowest BCUT2D eigenvalue weighted by molar-refractivity contribution is -0.172. The Morgan fingerprint density at radius 1 is 0.833 bits per heavy atom. The number of carbonyl (C=O) groups is 3. The molecule has 0 saturated heterocycles. The van der Waals surface area contributed by atoms with Crippen LogP contribution < -0.4 is 0 Å². The number of carbonyl (C=O) groups excluding carboxylic acids is 3. The number of hydrogen-bond acceptors (Lipinski definition) is 6. The third-order valence-electron chi connectivity index (χ3n) is 1.84. The largest absolute Gasteiger partial charge is 0.465 e. The number of esters is 3. The fourth-order valence-corrected chi connectivity index (χ4v) is 1.07. The van der Waals surface area contributed by atoms with E-state index in [2.05, 4.69) is 9.47 Å². The Kier molecular flexibility index (Phi) is 7.74. The molecule has 0 radical (unpaired) electrons. The molecule has 18 heavy (non-hydrogen) atoms. The highest BCUT2D eigenvalue weighted by atomic mass is 16.6. The summed E-state index contributed by atoms with van der Waals surface area (Å²) < 4.78 is 14.2. The van der Waals surface area contributed by atoms with E-state index in [0.717, 1.165) is 0 Å². The smallest absolute Gasteiger partial charge is 0.332 e. The van der Waals surface area contributed by atoms with E-state index in [4.69, 9.17) is 4.74 Å². The zero-order valence-corrected chi connectivity index (χ0v) is 11.2. The normalized spacial score (nSPS) is 10.3. The van der Waals surface area contributed by atoms with Crippen molar-refractivity contribution < 1.29 is 28.6 Å². The average molecular weight is 260 g/mol. The molecule has 0 unspecified atom stereocenters. The molecule has 0 amide bonds. The van der Waals surface area contributed by atoms with Crippen LogP contribution in [0.2, 0.25) is 0 Å². The molecule has 0 aromatic carbocycles. The third-order valence-corrected chi connectivity index (χ3v) is 1.84. The van der Waals surface area contributed by atoms with Crippen molar-refractivity contribution in [2.45, 2.75) is 27.7 Å². The van der Waals surface area contributed by atoms with Gasteiger partial charge in [0.1, 0.15) is 0 Å². The van der Waals surface area contributed by atoms with Crippen molar-refractivity contribution in [2.24, 2.45) is 11.8 Å². The fraction of sp³-hybridized carbons (Fsp3) is 0.750. The van der Waals surface area contributed by atoms with Crippen molar-refractivity contribution in [3.63, 3.8) is 0 Å². The van der Waals surface area contributed by atoms with Crippen molar-refractivity contribution in [1.82, 2.24) is 0 Å². The van der Waals surface area contributed by atoms with Crippen LogP contribution in [0, 0.1) is 11.8 Å². The molecule has 0 spiro atoms. The van der Waals surface area contributed by atoms with Gasteiger partial charge in [-0.15, -0.1) is 0 Å². The van der Waals surface area contributed by atoms with Gasteiger partial charge in [0.25, 0.3) is 5.92 Å². The summed E-state index contributed by atoms with van der Waals surface area (Å²) in [7, 11) is 0. The topological polar surface area (TPSA) is 78.9 Å². The molecule has 0 aliphatic carbocycles. The standard InChI is InChI=1S/C12H20O6/c1-5-16-10(13)9(11(14)17-6-2)12(15)18-7-8(3)4/h8-9H,5-7H2,1-4H3. The van der Waals surface area contributed by atoms with Gasteiger partial charge in [0.05, 0.1) is 19.8 Å². The van der Waals surface area contributed by atoms with Crippen LogP contribution in [-0.2, 0) is 28.6 Å². The van der Waals surface area contributed by atoms with E-state index in [1.54, 1.807) is 13.8 Å². The minimum Gasteiger partial charge on any atom is -0.465 e. The Labute approximate surface area is 107 Å². The summed E-state index contributed by atoms with van der Waals surface area (Å²) in [6, 6.07) is 0. The van der Waals surface area contributed by atoms with Gasteiger partial charge in [0.15, 0.2) is 0 Å². The molecule has 6 heteroatoms. The SMILES string of the molecule is CCOC(=O)C(C(=O)OCC)C(=O)OCC(C)C. The first-order valence-corrected chi connectivity index (χ1v) is 5.93. The zero-order chi connectivity index (χ0) is 14.1. The minimum atomic E-state index is -1.65. The Hall–Kier alpha value is -1.59. The van der Waals surface area contributed by atoms with E-state index >= 15 is 0 Å². The number of hydrogen-bond donors (Lipinski definition) is 0. The van der Waals surface area contributed by atoms with Gasteiger partial charge in [0, 0.05) is 0 Å². The van der Waals surface area contributed by atoms with Gasteiger partial charge in [-0.2, -0.15) is 0 Å². The molecule has 0 aromatic heterocycles. The van der Waals surface area contributed by atoms with Crippen LogP contribution >= 0.6 is 0 Å². The first-order valence-electron chi connectivity index (χ1n) is 5.93. The summed E-state index contributed by atoms with van der Waals surface area (Å²) in [6.07, 6.45) is 0. The Bertz CT molecular complexity index is 279. The van der Waals surface area contributed by atoms with Crippen LogP contribution in [0.15, 0.2) is 0 Å². The molecule has 0 heterocycles. The zero-order valence-electron chi connectivity index (χ0n) is 11.2. The second-order valence-corrected chi connectivity index (χ2v) is 3.96. The molecule has 0 aliphatic rings. The maximum absolute atomic E-state index is 11.7. The molecule has 6 nitrogen and oxygen atoms in total. The molecule has 0 saturated carbocycles. The van der Waals surface area contributed by atoms with E-state index in [1.807, 2.05) is 13.8 Å². The fourth-order valence-electron chi connectivity index (χ4n) is 1.07. The third kappa shape index (κ3) is 5.65. The van der Waals surface area contributed by atoms with Gasteiger partial charge in [-0.25, -0.2) is 0 Å². The molecular formula is C12H20O6. The summed E-state index contributed by atoms with van der Waals surface area (Å²) in [4.78, 5) is 34.7. The highest BCUT2D eigenvalue weighted by Crippen LogP contribution is 2.08. The van der Waals surface area contributed by atoms with Crippen LogP contribution in [0.25, 0.3) is 0 Å². The quantitative estimate of drug-likeness (QED) is 0.385. The van der Waals surface area contributed by atoms with E-state index < -0.39 is 23.8 Å². The predicted octanol–water partition coefficient (Wildman–Crippen LogP) is 0.928. The highest BCUT2D eigenvalue weighted by Gasteiger charge is 2.38. The van der Waals surface area contributed by atoms with Crippen molar-refractivity contribution in [2.75, 3.05) is 19.8 Å². The molecule has 0 atom stereocenters. The molecule has 0 bridgehead atoms. The Morgan fingerprint density at radius 3 is 1.56 bits per heavy atom. The Balaban J connectivity index is 4.69. The van der Waals surface area contributed by atoms with Gasteiger partial charge >= 0.3 is 17.9 Å². The van der Waals surface area contributed by atoms with Gasteiger partial charge < -0.3 is 14.2 Å². The molecule has 104 valence electrons. The summed E-state index contributed by atoms with van der Waals surface area (Å²) in [5.74, 6) is -4.35. The van der Waals surface area contributed by atoms with Crippen LogP contribution in [0.5, 0.6) is 0 Å². The first-order chi connectivity index (χ1) is 8.43. The van der Waals surface area contributed by atoms with E-state index in [-0.39, 0.29) is 25.7 Å². The lowest BCUT2D eigenvalue weighted by Gasteiger charge is -2.14. The molecule has 0 fully saturated rings. The van der Waals surface area contributed by atoms with Crippen molar-refractivity contribution in [3.05, 3.63) is 0 Å². The van der Waals surface area contributed by atoms with E-state index in [1.165, 1.54) is 0 Å². The summed E-state index contributed by atoms with van der Waals surface area (Å²) in [5.41, 5.74) is 0. The van der Waals surface area contributed by atoms with Crippen molar-refractivity contribution in [3.8, 4) is 0 Å². The van der Waals surface area contributed by atoms with Crippen molar-refractivity contribution >= 4 is 17.9 Å². The summed E-state index contributed by atoms with van der Waals surface area (Å²) in [6.45, 7) is 7.14. The van der Waals surface area contributed by atoms with Crippen LogP contribution in [0.3, 0.4) is 0 Å². The van der Waals surface area contributed by atoms with Crippen LogP contribution in [-0.4, -0.2) is 37.7 Å². The second-order valence-electron chi connectivity index (χ2n) is 3.96. The summed E-state index contributed by atoms with van der Waals surface area (Å²) >= 11 is 0. The predicted molar refractivity (Wildman–Crippen MR) is 62.6 cm³/mol. The minimum absolute atomic E-state index is 0.0756. The molecule has 0 aliphatic heterocycles. The highest BCUT2D eigenvalue weighted by molar-refractivity contribution is 6.12. The van der Waals surface area contributed by atoms with Gasteiger partial charge in [-0.1, -0.05) is 13.8 Å². The van der Waals surface area contributed by atoms with Crippen molar-refractivity contribution in [1.29, 1.82) is 0 Å². The molecule has 0 rings (SSSR count). The second kappa shape index (κ2) is 8.49. The molecular weight excluding hydrogens is 240 g/mol. The van der Waals surface area contributed by atoms with Crippen LogP contribution in [0.4, 0.5) is 0 Å². The molecule has 0 aromatic rings. The van der Waals surface area contributed by atoms with Gasteiger partial charge in [-0.3, -0.25) is 14.4 Å². The number of ether oxygens (including phenoxy) is 3. The first kappa shape index (κ1) is 16.4. The lowest BCUT2D eigenvalue weighted by Crippen LogP contribution is -2.36.